The summed E-state index contributed by atoms with van der Waals surface area (Å²) < 4.78 is 10.9. The summed E-state index contributed by atoms with van der Waals surface area (Å²) in [6.45, 7) is -0.766. The van der Waals surface area contributed by atoms with Gasteiger partial charge in [-0.1, -0.05) is 23.2 Å². The lowest BCUT2D eigenvalue weighted by atomic mass is 10.1. The van der Waals surface area contributed by atoms with Crippen molar-refractivity contribution in [1.82, 2.24) is 4.90 Å². The summed E-state index contributed by atoms with van der Waals surface area (Å²) in [4.78, 5) is 38.5. The molecule has 3 rings (SSSR count). The van der Waals surface area contributed by atoms with Crippen LogP contribution in [0.1, 0.15) is 10.4 Å². The van der Waals surface area contributed by atoms with Crippen molar-refractivity contribution in [2.75, 3.05) is 25.5 Å². The van der Waals surface area contributed by atoms with Gasteiger partial charge in [-0.2, -0.15) is 0 Å². The van der Waals surface area contributed by atoms with Gasteiger partial charge in [0.05, 0.1) is 21.3 Å². The first-order valence-corrected chi connectivity index (χ1v) is 10.9. The molecule has 3 N–H and O–H groups in total. The Hall–Kier alpha value is -4.15. The van der Waals surface area contributed by atoms with Crippen LogP contribution in [-0.4, -0.2) is 58.8 Å². The topological polar surface area (TPSA) is 137 Å². The highest BCUT2D eigenvalue weighted by Gasteiger charge is 2.24. The highest BCUT2D eigenvalue weighted by atomic mass is 35.5. The Kier molecular flexibility index (Phi) is 8.13. The van der Waals surface area contributed by atoms with Gasteiger partial charge in [-0.3, -0.25) is 14.5 Å². The molecule has 0 atom stereocenters. The molecule has 0 aliphatic carbocycles. The maximum absolute atomic E-state index is 12.7. The maximum atomic E-state index is 12.7. The molecule has 0 spiro atoms. The van der Waals surface area contributed by atoms with Gasteiger partial charge in [0.2, 0.25) is 0 Å². The van der Waals surface area contributed by atoms with Crippen molar-refractivity contribution < 1.29 is 39.2 Å². The summed E-state index contributed by atoms with van der Waals surface area (Å²) in [6.07, 6.45) is -1.03. The second-order valence-electron chi connectivity index (χ2n) is 7.56. The van der Waals surface area contributed by atoms with Crippen molar-refractivity contribution in [3.05, 3.63) is 70.2 Å². The van der Waals surface area contributed by atoms with Gasteiger partial charge in [-0.05, 0) is 54.6 Å². The molecule has 0 saturated carbocycles. The van der Waals surface area contributed by atoms with Crippen LogP contribution in [0.15, 0.2) is 54.6 Å². The van der Waals surface area contributed by atoms with E-state index in [1.54, 1.807) is 0 Å². The van der Waals surface area contributed by atoms with Crippen LogP contribution < -0.4 is 14.4 Å². The second kappa shape index (κ2) is 11.1. The lowest BCUT2D eigenvalue weighted by Gasteiger charge is -2.22. The first-order chi connectivity index (χ1) is 17.0. The third-order valence-electron chi connectivity index (χ3n) is 4.67. The number of carboxylic acids is 1. The van der Waals surface area contributed by atoms with Gasteiger partial charge in [0.15, 0.2) is 5.75 Å². The SMILES string of the molecule is CN(C)C(=O)c1cc(Oc2c(Cl)cc(N(CC(=O)O)C(=O)Oc3ccc(O)cc3)cc2Cl)ccc1O. The van der Waals surface area contributed by atoms with Crippen LogP contribution in [0.3, 0.4) is 0 Å². The summed E-state index contributed by atoms with van der Waals surface area (Å²) in [5, 5.41) is 28.5. The van der Waals surface area contributed by atoms with Gasteiger partial charge in [0, 0.05) is 14.1 Å². The van der Waals surface area contributed by atoms with E-state index in [2.05, 4.69) is 0 Å². The number of phenolic OH excluding ortho intramolecular Hbond substituents is 2. The van der Waals surface area contributed by atoms with E-state index in [0.29, 0.717) is 0 Å². The third-order valence-corrected chi connectivity index (χ3v) is 5.24. The molecule has 3 aromatic rings. The molecule has 2 amide bonds. The first-order valence-electron chi connectivity index (χ1n) is 10.2. The van der Waals surface area contributed by atoms with Crippen LogP contribution >= 0.6 is 23.2 Å². The minimum atomic E-state index is -1.33. The molecule has 188 valence electrons. The number of aliphatic carboxylic acids is 1. The predicted molar refractivity (Wildman–Crippen MR) is 132 cm³/mol. The summed E-state index contributed by atoms with van der Waals surface area (Å²) in [5.74, 6) is -1.89. The van der Waals surface area contributed by atoms with Crippen LogP contribution in [0, 0.1) is 0 Å². The Morgan fingerprint density at radius 1 is 0.889 bits per heavy atom. The van der Waals surface area contributed by atoms with Crippen molar-refractivity contribution in [1.29, 1.82) is 0 Å². The van der Waals surface area contributed by atoms with Crippen molar-refractivity contribution in [2.24, 2.45) is 0 Å². The van der Waals surface area contributed by atoms with Gasteiger partial charge in [0.25, 0.3) is 5.91 Å². The average molecular weight is 535 g/mol. The summed E-state index contributed by atoms with van der Waals surface area (Å²) in [7, 11) is 3.05. The summed E-state index contributed by atoms with van der Waals surface area (Å²) in [5.41, 5.74) is 0.00341. The van der Waals surface area contributed by atoms with E-state index in [1.165, 1.54) is 73.6 Å². The van der Waals surface area contributed by atoms with Gasteiger partial charge in [0.1, 0.15) is 29.5 Å². The minimum absolute atomic E-state index is 0.00836. The highest BCUT2D eigenvalue weighted by Crippen LogP contribution is 2.40. The van der Waals surface area contributed by atoms with E-state index >= 15 is 0 Å². The zero-order valence-electron chi connectivity index (χ0n) is 18.9. The Morgan fingerprint density at radius 2 is 1.47 bits per heavy atom. The van der Waals surface area contributed by atoms with Crippen molar-refractivity contribution in [3.8, 4) is 28.7 Å². The number of benzene rings is 3. The number of carbonyl (C=O) groups is 3. The zero-order valence-corrected chi connectivity index (χ0v) is 20.4. The first kappa shape index (κ1) is 26.5. The molecule has 0 heterocycles. The number of ether oxygens (including phenoxy) is 2. The van der Waals surface area contributed by atoms with Crippen LogP contribution in [0.25, 0.3) is 0 Å². The quantitative estimate of drug-likeness (QED) is 0.385. The molecule has 0 aromatic heterocycles. The number of carbonyl (C=O) groups excluding carboxylic acids is 2. The predicted octanol–water partition coefficient (Wildman–Crippen LogP) is 4.99. The maximum Gasteiger partial charge on any atom is 0.420 e. The Morgan fingerprint density at radius 3 is 2.03 bits per heavy atom. The number of aromatic hydroxyl groups is 2. The zero-order chi connectivity index (χ0) is 26.6. The number of amides is 2. The molecule has 0 saturated heterocycles. The van der Waals surface area contributed by atoms with Gasteiger partial charge in [-0.25, -0.2) is 4.79 Å². The number of anilines is 1. The average Bonchev–Trinajstić information content (AvgIpc) is 2.81. The molecular weight excluding hydrogens is 515 g/mol. The molecule has 0 aliphatic rings. The fraction of sp³-hybridized carbons (Fsp3) is 0.125. The fourth-order valence-electron chi connectivity index (χ4n) is 2.98. The largest absolute Gasteiger partial charge is 0.508 e. The molecule has 36 heavy (non-hydrogen) atoms. The lowest BCUT2D eigenvalue weighted by Crippen LogP contribution is -2.37. The molecule has 0 radical (unpaired) electrons. The van der Waals surface area contributed by atoms with Crippen molar-refractivity contribution in [3.63, 3.8) is 0 Å². The van der Waals surface area contributed by atoms with Gasteiger partial charge >= 0.3 is 12.1 Å². The van der Waals surface area contributed by atoms with Crippen molar-refractivity contribution >= 4 is 46.9 Å². The van der Waals surface area contributed by atoms with E-state index < -0.39 is 24.5 Å². The number of carboxylic acid groups (broad SMARTS) is 1. The standard InChI is InChI=1S/C24H20Cl2N2O8/c1-27(2)23(33)17-11-16(7-8-20(17)30)35-22-18(25)9-13(10-19(22)26)28(12-21(31)32)24(34)36-15-5-3-14(29)4-6-15/h3-11,29-30H,12H2,1-2H3,(H,31,32). The number of hydrogen-bond donors (Lipinski definition) is 3. The van der Waals surface area contributed by atoms with Crippen LogP contribution in [0.4, 0.5) is 10.5 Å². The minimum Gasteiger partial charge on any atom is -0.508 e. The lowest BCUT2D eigenvalue weighted by molar-refractivity contribution is -0.135. The number of hydrogen-bond acceptors (Lipinski definition) is 7. The Bertz CT molecular complexity index is 1290. The molecule has 0 aliphatic heterocycles. The molecule has 3 aromatic carbocycles. The van der Waals surface area contributed by atoms with Crippen LogP contribution in [0.2, 0.25) is 10.0 Å². The highest BCUT2D eigenvalue weighted by molar-refractivity contribution is 6.37. The number of phenols is 2. The molecule has 0 unspecified atom stereocenters. The monoisotopic (exact) mass is 534 g/mol. The molecule has 0 bridgehead atoms. The summed E-state index contributed by atoms with van der Waals surface area (Å²) >= 11 is 12.7. The molecule has 12 heteroatoms. The Labute approximate surface area is 215 Å². The van der Waals surface area contributed by atoms with E-state index in [4.69, 9.17) is 32.7 Å². The fourth-order valence-corrected chi connectivity index (χ4v) is 3.53. The Balaban J connectivity index is 1.91. The number of nitrogens with zero attached hydrogens (tertiary/aromatic N) is 2. The summed E-state index contributed by atoms with van der Waals surface area (Å²) in [6, 6.07) is 11.8. The smallest absolute Gasteiger partial charge is 0.420 e. The van der Waals surface area contributed by atoms with Crippen LogP contribution in [0.5, 0.6) is 28.7 Å². The normalized spacial score (nSPS) is 10.4. The van der Waals surface area contributed by atoms with Crippen molar-refractivity contribution in [2.45, 2.75) is 0 Å². The second-order valence-corrected chi connectivity index (χ2v) is 8.38. The van der Waals surface area contributed by atoms with Crippen LogP contribution in [-0.2, 0) is 4.79 Å². The number of rotatable bonds is 7. The van der Waals surface area contributed by atoms with E-state index in [-0.39, 0.29) is 50.0 Å². The van der Waals surface area contributed by atoms with E-state index in [1.807, 2.05) is 0 Å². The molecule has 0 fully saturated rings. The van der Waals surface area contributed by atoms with Gasteiger partial charge in [-0.15, -0.1) is 0 Å². The molecular formula is C24H20Cl2N2O8. The van der Waals surface area contributed by atoms with Gasteiger partial charge < -0.3 is 29.7 Å². The van der Waals surface area contributed by atoms with E-state index in [9.17, 15) is 29.7 Å². The molecule has 10 nitrogen and oxygen atoms in total. The number of halogens is 2. The van der Waals surface area contributed by atoms with E-state index in [0.717, 1.165) is 4.90 Å². The third kappa shape index (κ3) is 6.29.